The molecule has 0 aliphatic rings. The Morgan fingerprint density at radius 2 is 1.89 bits per heavy atom. The van der Waals surface area contributed by atoms with E-state index in [1.54, 1.807) is 0 Å². The van der Waals surface area contributed by atoms with Gasteiger partial charge >= 0.3 is 0 Å². The van der Waals surface area contributed by atoms with E-state index in [1.165, 1.54) is 0 Å². The highest BCUT2D eigenvalue weighted by Crippen LogP contribution is 2.14. The molecule has 2 aromatic rings. The number of aromatic nitrogens is 2. The normalized spacial score (nSPS) is 10.8. The highest BCUT2D eigenvalue weighted by atomic mass is 35.5. The highest BCUT2D eigenvalue weighted by Gasteiger charge is 2.04. The van der Waals surface area contributed by atoms with Crippen LogP contribution in [0.15, 0.2) is 30.5 Å². The summed E-state index contributed by atoms with van der Waals surface area (Å²) in [5.41, 5.74) is 1.89. The van der Waals surface area contributed by atoms with Crippen molar-refractivity contribution in [2.45, 2.75) is 19.3 Å². The second kappa shape index (κ2) is 6.55. The lowest BCUT2D eigenvalue weighted by Gasteiger charge is -2.17. The minimum Gasteiger partial charge on any atom is -0.358 e. The van der Waals surface area contributed by atoms with E-state index in [2.05, 4.69) is 21.9 Å². The average Bonchev–Trinajstić information content (AvgIpc) is 2.43. The van der Waals surface area contributed by atoms with Crippen molar-refractivity contribution in [2.24, 2.45) is 0 Å². The third kappa shape index (κ3) is 3.33. The Hall–Kier alpha value is -1.35. The maximum Gasteiger partial charge on any atom is 0.147 e. The smallest absolute Gasteiger partial charge is 0.147 e. The fourth-order valence-electron chi connectivity index (χ4n) is 1.87. The van der Waals surface area contributed by atoms with Gasteiger partial charge < -0.3 is 4.90 Å². The molecule has 3 nitrogen and oxygen atoms in total. The quantitative estimate of drug-likeness (QED) is 0.590. The van der Waals surface area contributed by atoms with Gasteiger partial charge in [0.15, 0.2) is 0 Å². The van der Waals surface area contributed by atoms with Crippen LogP contribution in [0.1, 0.15) is 19.3 Å². The maximum absolute atomic E-state index is 5.66. The van der Waals surface area contributed by atoms with Crippen LogP contribution in [0.2, 0.25) is 0 Å². The molecular weight excluding hydrogens is 246 g/mol. The minimum atomic E-state index is 0.749. The number of rotatable bonds is 6. The van der Waals surface area contributed by atoms with E-state index < -0.39 is 0 Å². The average molecular weight is 264 g/mol. The van der Waals surface area contributed by atoms with Crippen molar-refractivity contribution in [1.29, 1.82) is 0 Å². The first-order chi connectivity index (χ1) is 8.81. The fraction of sp³-hybridized carbons (Fsp3) is 0.429. The molecule has 1 aromatic heterocycles. The standard InChI is InChI=1S/C14H18ClN3/c1-18(10-6-2-5-9-15)14-11-16-12-7-3-4-8-13(12)17-14/h3-4,7-8,11H,2,5-6,9-10H2,1H3. The lowest BCUT2D eigenvalue weighted by atomic mass is 10.2. The number of nitrogens with zero attached hydrogens (tertiary/aromatic N) is 3. The number of anilines is 1. The highest BCUT2D eigenvalue weighted by molar-refractivity contribution is 6.17. The Labute approximate surface area is 113 Å². The van der Waals surface area contributed by atoms with Crippen LogP contribution in [0.3, 0.4) is 0 Å². The molecule has 18 heavy (non-hydrogen) atoms. The lowest BCUT2D eigenvalue weighted by Crippen LogP contribution is -2.19. The summed E-state index contributed by atoms with van der Waals surface area (Å²) in [6.07, 6.45) is 5.22. The lowest BCUT2D eigenvalue weighted by molar-refractivity contribution is 0.704. The summed E-state index contributed by atoms with van der Waals surface area (Å²) in [6.45, 7) is 0.990. The zero-order valence-electron chi connectivity index (χ0n) is 10.6. The zero-order valence-corrected chi connectivity index (χ0v) is 11.4. The molecule has 0 bridgehead atoms. The topological polar surface area (TPSA) is 29.0 Å². The third-order valence-electron chi connectivity index (χ3n) is 2.95. The second-order valence-electron chi connectivity index (χ2n) is 4.39. The van der Waals surface area contributed by atoms with Crippen molar-refractivity contribution in [3.05, 3.63) is 30.5 Å². The summed E-state index contributed by atoms with van der Waals surface area (Å²) < 4.78 is 0. The van der Waals surface area contributed by atoms with Crippen molar-refractivity contribution >= 4 is 28.5 Å². The minimum absolute atomic E-state index is 0.749. The van der Waals surface area contributed by atoms with Gasteiger partial charge in [-0.25, -0.2) is 4.98 Å². The SMILES string of the molecule is CN(CCCCCCl)c1cnc2ccccc2n1. The molecule has 0 radical (unpaired) electrons. The van der Waals surface area contributed by atoms with E-state index in [0.717, 1.165) is 48.5 Å². The Morgan fingerprint density at radius 3 is 2.67 bits per heavy atom. The molecule has 0 N–H and O–H groups in total. The first-order valence-corrected chi connectivity index (χ1v) is 6.83. The van der Waals surface area contributed by atoms with E-state index in [1.807, 2.05) is 30.5 Å². The molecule has 0 saturated heterocycles. The van der Waals surface area contributed by atoms with Crippen LogP contribution in [-0.4, -0.2) is 29.4 Å². The van der Waals surface area contributed by atoms with Gasteiger partial charge in [0.1, 0.15) is 5.82 Å². The zero-order chi connectivity index (χ0) is 12.8. The fourth-order valence-corrected chi connectivity index (χ4v) is 2.06. The van der Waals surface area contributed by atoms with Gasteiger partial charge in [-0.2, -0.15) is 0 Å². The predicted octanol–water partition coefficient (Wildman–Crippen LogP) is 3.48. The molecule has 0 amide bonds. The number of alkyl halides is 1. The van der Waals surface area contributed by atoms with Crippen molar-refractivity contribution in [3.63, 3.8) is 0 Å². The summed E-state index contributed by atoms with van der Waals surface area (Å²) >= 11 is 5.66. The van der Waals surface area contributed by atoms with Crippen LogP contribution in [-0.2, 0) is 0 Å². The number of halogens is 1. The van der Waals surface area contributed by atoms with Gasteiger partial charge in [-0.15, -0.1) is 11.6 Å². The van der Waals surface area contributed by atoms with Gasteiger partial charge in [0.05, 0.1) is 17.2 Å². The molecule has 4 heteroatoms. The Kier molecular flexibility index (Phi) is 4.76. The first-order valence-electron chi connectivity index (χ1n) is 6.30. The molecule has 96 valence electrons. The number of para-hydroxylation sites is 2. The maximum atomic E-state index is 5.66. The molecule has 0 unspecified atom stereocenters. The van der Waals surface area contributed by atoms with Crippen LogP contribution in [0.5, 0.6) is 0 Å². The Bertz CT molecular complexity index is 501. The van der Waals surface area contributed by atoms with Crippen molar-refractivity contribution in [1.82, 2.24) is 9.97 Å². The molecular formula is C14H18ClN3. The molecule has 1 aromatic carbocycles. The van der Waals surface area contributed by atoms with E-state index in [-0.39, 0.29) is 0 Å². The summed E-state index contributed by atoms with van der Waals surface area (Å²) in [5.74, 6) is 1.68. The van der Waals surface area contributed by atoms with Gasteiger partial charge in [-0.3, -0.25) is 4.98 Å². The summed E-state index contributed by atoms with van der Waals surface area (Å²) in [7, 11) is 2.06. The predicted molar refractivity (Wildman–Crippen MR) is 77.4 cm³/mol. The van der Waals surface area contributed by atoms with Gasteiger partial charge in [0, 0.05) is 19.5 Å². The number of benzene rings is 1. The molecule has 0 saturated carbocycles. The van der Waals surface area contributed by atoms with Crippen molar-refractivity contribution in [3.8, 4) is 0 Å². The summed E-state index contributed by atoms with van der Waals surface area (Å²) in [6, 6.07) is 7.94. The van der Waals surface area contributed by atoms with E-state index >= 15 is 0 Å². The van der Waals surface area contributed by atoms with Crippen molar-refractivity contribution < 1.29 is 0 Å². The third-order valence-corrected chi connectivity index (χ3v) is 3.22. The molecule has 0 atom stereocenters. The van der Waals surface area contributed by atoms with Crippen LogP contribution in [0.25, 0.3) is 11.0 Å². The van der Waals surface area contributed by atoms with E-state index in [4.69, 9.17) is 11.6 Å². The molecule has 0 fully saturated rings. The van der Waals surface area contributed by atoms with Crippen molar-refractivity contribution in [2.75, 3.05) is 24.4 Å². The molecule has 0 aliphatic carbocycles. The number of fused-ring (bicyclic) bond motifs is 1. The first kappa shape index (κ1) is 13.1. The van der Waals surface area contributed by atoms with Crippen LogP contribution >= 0.6 is 11.6 Å². The van der Waals surface area contributed by atoms with Gasteiger partial charge in [-0.05, 0) is 25.0 Å². The molecule has 0 aliphatic heterocycles. The largest absolute Gasteiger partial charge is 0.358 e. The van der Waals surface area contributed by atoms with Crippen LogP contribution < -0.4 is 4.90 Å². The van der Waals surface area contributed by atoms with E-state index in [9.17, 15) is 0 Å². The van der Waals surface area contributed by atoms with E-state index in [0.29, 0.717) is 0 Å². The molecule has 1 heterocycles. The second-order valence-corrected chi connectivity index (χ2v) is 4.77. The van der Waals surface area contributed by atoms with Gasteiger partial charge in [0.25, 0.3) is 0 Å². The number of hydrogen-bond donors (Lipinski definition) is 0. The van der Waals surface area contributed by atoms with Crippen LogP contribution in [0, 0.1) is 0 Å². The monoisotopic (exact) mass is 263 g/mol. The summed E-state index contributed by atoms with van der Waals surface area (Å²) in [4.78, 5) is 11.2. The Morgan fingerprint density at radius 1 is 1.11 bits per heavy atom. The molecule has 0 spiro atoms. The summed E-state index contributed by atoms with van der Waals surface area (Å²) in [5, 5.41) is 0. The number of unbranched alkanes of at least 4 members (excludes halogenated alkanes) is 2. The van der Waals surface area contributed by atoms with Gasteiger partial charge in [-0.1, -0.05) is 18.6 Å². The number of hydrogen-bond acceptors (Lipinski definition) is 3. The van der Waals surface area contributed by atoms with Crippen LogP contribution in [0.4, 0.5) is 5.82 Å². The molecule has 2 rings (SSSR count). The van der Waals surface area contributed by atoms with Gasteiger partial charge in [0.2, 0.25) is 0 Å². The Balaban J connectivity index is 2.01.